The highest BCUT2D eigenvalue weighted by molar-refractivity contribution is 5.92. The Bertz CT molecular complexity index is 364. The fourth-order valence-electron chi connectivity index (χ4n) is 1.90. The number of rotatable bonds is 5. The fraction of sp³-hybridized carbons (Fsp3) is 0.500. The largest absolute Gasteiger partial charge is 0.325 e. The van der Waals surface area contributed by atoms with Crippen molar-refractivity contribution >= 4 is 11.6 Å². The highest BCUT2D eigenvalue weighted by Crippen LogP contribution is 2.13. The minimum absolute atomic E-state index is 0.0544. The van der Waals surface area contributed by atoms with Gasteiger partial charge in [-0.05, 0) is 50.2 Å². The fourth-order valence-corrected chi connectivity index (χ4v) is 1.90. The molecule has 0 radical (unpaired) electrons. The maximum Gasteiger partial charge on any atom is 0.238 e. The van der Waals surface area contributed by atoms with Gasteiger partial charge >= 0.3 is 0 Å². The van der Waals surface area contributed by atoms with Crippen molar-refractivity contribution < 1.29 is 4.79 Å². The van der Waals surface area contributed by atoms with Crippen LogP contribution in [0.1, 0.15) is 25.0 Å². The minimum atomic E-state index is 0.0544. The highest BCUT2D eigenvalue weighted by atomic mass is 16.2. The predicted octanol–water partition coefficient (Wildman–Crippen LogP) is 2.58. The van der Waals surface area contributed by atoms with Crippen LogP contribution in [0, 0.1) is 13.8 Å². The average Bonchev–Trinajstić information content (AvgIpc) is 2.24. The van der Waals surface area contributed by atoms with E-state index in [2.05, 4.69) is 30.1 Å². The summed E-state index contributed by atoms with van der Waals surface area (Å²) in [6.45, 7) is 10.5. The van der Waals surface area contributed by atoms with Gasteiger partial charge in [0.05, 0.1) is 6.54 Å². The molecule has 0 aliphatic heterocycles. The van der Waals surface area contributed by atoms with E-state index < -0.39 is 0 Å². The van der Waals surface area contributed by atoms with Gasteiger partial charge in [0.2, 0.25) is 5.91 Å². The molecule has 1 rings (SSSR count). The van der Waals surface area contributed by atoms with Crippen LogP contribution >= 0.6 is 0 Å². The van der Waals surface area contributed by atoms with Crippen molar-refractivity contribution in [3.05, 3.63) is 29.3 Å². The van der Waals surface area contributed by atoms with Crippen LogP contribution in [-0.4, -0.2) is 30.4 Å². The summed E-state index contributed by atoms with van der Waals surface area (Å²) < 4.78 is 0. The maximum atomic E-state index is 11.8. The number of likely N-dealkylation sites (N-methyl/N-ethyl adjacent to an activating group) is 1. The third-order valence-electron chi connectivity index (χ3n) is 2.77. The number of hydrogen-bond acceptors (Lipinski definition) is 2. The van der Waals surface area contributed by atoms with E-state index in [0.29, 0.717) is 6.54 Å². The number of nitrogens with one attached hydrogen (secondary N) is 1. The van der Waals surface area contributed by atoms with E-state index in [4.69, 9.17) is 0 Å². The molecule has 1 aromatic rings. The topological polar surface area (TPSA) is 32.3 Å². The number of benzene rings is 1. The second kappa shape index (κ2) is 6.40. The van der Waals surface area contributed by atoms with Gasteiger partial charge in [-0.3, -0.25) is 9.69 Å². The molecular formula is C14H22N2O. The first-order valence-corrected chi connectivity index (χ1v) is 6.15. The molecule has 0 fully saturated rings. The number of amides is 1. The molecule has 0 aliphatic carbocycles. The van der Waals surface area contributed by atoms with Gasteiger partial charge in [-0.25, -0.2) is 0 Å². The van der Waals surface area contributed by atoms with Crippen molar-refractivity contribution in [3.8, 4) is 0 Å². The number of carbonyl (C=O) groups excluding carboxylic acids is 1. The predicted molar refractivity (Wildman–Crippen MR) is 72.3 cm³/mol. The van der Waals surface area contributed by atoms with E-state index in [9.17, 15) is 4.79 Å². The highest BCUT2D eigenvalue weighted by Gasteiger charge is 2.07. The van der Waals surface area contributed by atoms with Crippen molar-refractivity contribution in [3.63, 3.8) is 0 Å². The van der Waals surface area contributed by atoms with Crippen LogP contribution in [-0.2, 0) is 4.79 Å². The lowest BCUT2D eigenvalue weighted by Gasteiger charge is -2.17. The van der Waals surface area contributed by atoms with Gasteiger partial charge in [-0.1, -0.05) is 19.9 Å². The molecule has 0 spiro atoms. The third-order valence-corrected chi connectivity index (χ3v) is 2.77. The molecule has 0 saturated carbocycles. The lowest BCUT2D eigenvalue weighted by Crippen LogP contribution is -2.32. The molecule has 17 heavy (non-hydrogen) atoms. The van der Waals surface area contributed by atoms with E-state index in [-0.39, 0.29) is 5.91 Å². The van der Waals surface area contributed by atoms with Crippen LogP contribution in [0.4, 0.5) is 5.69 Å². The SMILES string of the molecule is CCN(CC)CC(=O)Nc1cc(C)cc(C)c1. The molecular weight excluding hydrogens is 212 g/mol. The van der Waals surface area contributed by atoms with Crippen LogP contribution < -0.4 is 5.32 Å². The van der Waals surface area contributed by atoms with Crippen LogP contribution in [0.25, 0.3) is 0 Å². The summed E-state index contributed by atoms with van der Waals surface area (Å²) in [5, 5.41) is 2.94. The zero-order valence-electron chi connectivity index (χ0n) is 11.2. The molecule has 1 N–H and O–H groups in total. The van der Waals surface area contributed by atoms with E-state index >= 15 is 0 Å². The Morgan fingerprint density at radius 1 is 1.12 bits per heavy atom. The van der Waals surface area contributed by atoms with Crippen molar-refractivity contribution in [2.75, 3.05) is 25.0 Å². The molecule has 3 nitrogen and oxygen atoms in total. The maximum absolute atomic E-state index is 11.8. The van der Waals surface area contributed by atoms with Crippen molar-refractivity contribution in [2.45, 2.75) is 27.7 Å². The Morgan fingerprint density at radius 3 is 2.12 bits per heavy atom. The lowest BCUT2D eigenvalue weighted by molar-refractivity contribution is -0.117. The quantitative estimate of drug-likeness (QED) is 0.849. The average molecular weight is 234 g/mol. The smallest absolute Gasteiger partial charge is 0.238 e. The second-order valence-electron chi connectivity index (χ2n) is 4.39. The summed E-state index contributed by atoms with van der Waals surface area (Å²) >= 11 is 0. The van der Waals surface area contributed by atoms with E-state index in [1.165, 1.54) is 11.1 Å². The lowest BCUT2D eigenvalue weighted by atomic mass is 10.1. The summed E-state index contributed by atoms with van der Waals surface area (Å²) in [6, 6.07) is 6.08. The molecule has 0 atom stereocenters. The first-order chi connectivity index (χ1) is 8.05. The Morgan fingerprint density at radius 2 is 1.65 bits per heavy atom. The summed E-state index contributed by atoms with van der Waals surface area (Å²) in [4.78, 5) is 13.9. The van der Waals surface area contributed by atoms with Gasteiger partial charge in [-0.2, -0.15) is 0 Å². The monoisotopic (exact) mass is 234 g/mol. The standard InChI is InChI=1S/C14H22N2O/c1-5-16(6-2)10-14(17)15-13-8-11(3)7-12(4)9-13/h7-9H,5-6,10H2,1-4H3,(H,15,17). The zero-order chi connectivity index (χ0) is 12.8. The molecule has 0 saturated heterocycles. The van der Waals surface area contributed by atoms with E-state index in [1.54, 1.807) is 0 Å². The molecule has 1 amide bonds. The molecule has 1 aromatic carbocycles. The third kappa shape index (κ3) is 4.57. The van der Waals surface area contributed by atoms with Crippen LogP contribution in [0.2, 0.25) is 0 Å². The molecule has 0 unspecified atom stereocenters. The van der Waals surface area contributed by atoms with Crippen molar-refractivity contribution in [1.82, 2.24) is 4.90 Å². The van der Waals surface area contributed by atoms with E-state index in [1.807, 2.05) is 26.0 Å². The minimum Gasteiger partial charge on any atom is -0.325 e. The van der Waals surface area contributed by atoms with Crippen LogP contribution in [0.15, 0.2) is 18.2 Å². The van der Waals surface area contributed by atoms with Gasteiger partial charge in [0.25, 0.3) is 0 Å². The molecule has 3 heteroatoms. The molecule has 0 heterocycles. The number of nitrogens with zero attached hydrogens (tertiary/aromatic N) is 1. The number of anilines is 1. The molecule has 94 valence electrons. The van der Waals surface area contributed by atoms with Gasteiger partial charge in [-0.15, -0.1) is 0 Å². The normalized spacial score (nSPS) is 10.6. The Hall–Kier alpha value is -1.35. The first kappa shape index (κ1) is 13.7. The Balaban J connectivity index is 2.61. The van der Waals surface area contributed by atoms with E-state index in [0.717, 1.165) is 18.8 Å². The summed E-state index contributed by atoms with van der Waals surface area (Å²) in [7, 11) is 0. The van der Waals surface area contributed by atoms with Gasteiger partial charge in [0.15, 0.2) is 0 Å². The summed E-state index contributed by atoms with van der Waals surface area (Å²) in [5.41, 5.74) is 3.23. The van der Waals surface area contributed by atoms with Crippen LogP contribution in [0.3, 0.4) is 0 Å². The molecule has 0 aliphatic rings. The van der Waals surface area contributed by atoms with Crippen molar-refractivity contribution in [1.29, 1.82) is 0 Å². The Labute approximate surface area is 104 Å². The zero-order valence-corrected chi connectivity index (χ0v) is 11.2. The van der Waals surface area contributed by atoms with Gasteiger partial charge in [0.1, 0.15) is 0 Å². The number of carbonyl (C=O) groups is 1. The van der Waals surface area contributed by atoms with Gasteiger partial charge in [0, 0.05) is 5.69 Å². The molecule has 0 aromatic heterocycles. The molecule has 0 bridgehead atoms. The first-order valence-electron chi connectivity index (χ1n) is 6.15. The Kier molecular flexibility index (Phi) is 5.16. The number of aryl methyl sites for hydroxylation is 2. The summed E-state index contributed by atoms with van der Waals surface area (Å²) in [6.07, 6.45) is 0. The van der Waals surface area contributed by atoms with Gasteiger partial charge < -0.3 is 5.32 Å². The summed E-state index contributed by atoms with van der Waals surface area (Å²) in [5.74, 6) is 0.0544. The second-order valence-corrected chi connectivity index (χ2v) is 4.39. The van der Waals surface area contributed by atoms with Crippen molar-refractivity contribution in [2.24, 2.45) is 0 Å². The van der Waals surface area contributed by atoms with Crippen LogP contribution in [0.5, 0.6) is 0 Å². The number of hydrogen-bond donors (Lipinski definition) is 1.